The average Bonchev–Trinajstić information content (AvgIpc) is 2.93. The molecule has 1 aromatic rings. The van der Waals surface area contributed by atoms with Crippen LogP contribution in [0.15, 0.2) is 30.3 Å². The molecular formula is C18H20IN3O6S. The lowest BCUT2D eigenvalue weighted by atomic mass is 9.95. The third-order valence-electron chi connectivity index (χ3n) is 4.82. The number of β-lactam (4-membered cyclic amide) rings is 1. The molecule has 11 heteroatoms. The van der Waals surface area contributed by atoms with Crippen LogP contribution >= 0.6 is 34.4 Å². The summed E-state index contributed by atoms with van der Waals surface area (Å²) >= 11 is 3.20. The zero-order valence-corrected chi connectivity index (χ0v) is 18.6. The van der Waals surface area contributed by atoms with Gasteiger partial charge >= 0.3 is 12.1 Å². The Hall–Kier alpha value is -2.02. The second-order valence-corrected chi connectivity index (χ2v) is 9.51. The number of halogens is 1. The molecule has 29 heavy (non-hydrogen) atoms. The summed E-state index contributed by atoms with van der Waals surface area (Å²) in [4.78, 5) is 50.3. The first-order valence-electron chi connectivity index (χ1n) is 8.74. The summed E-state index contributed by atoms with van der Waals surface area (Å²) in [6, 6.07) is 5.72. The van der Waals surface area contributed by atoms with Crippen LogP contribution in [0.25, 0.3) is 0 Å². The zero-order valence-electron chi connectivity index (χ0n) is 15.6. The first-order valence-corrected chi connectivity index (χ1v) is 11.1. The van der Waals surface area contributed by atoms with E-state index in [0.717, 1.165) is 0 Å². The number of alkyl carbamates (subject to hydrolysis) is 1. The third kappa shape index (κ3) is 4.15. The fourth-order valence-electron chi connectivity index (χ4n) is 3.54. The molecule has 4 atom stereocenters. The van der Waals surface area contributed by atoms with E-state index in [1.165, 1.54) is 16.7 Å². The minimum absolute atomic E-state index is 0.118. The first kappa shape index (κ1) is 21.7. The number of nitrogens with one attached hydrogen (secondary N) is 2. The third-order valence-corrected chi connectivity index (χ3v) is 6.70. The number of carboxylic acids is 1. The van der Waals surface area contributed by atoms with Gasteiger partial charge in [0, 0.05) is 4.75 Å². The molecule has 2 aliphatic heterocycles. The van der Waals surface area contributed by atoms with Gasteiger partial charge in [-0.05, 0) is 42.0 Å². The summed E-state index contributed by atoms with van der Waals surface area (Å²) in [5.74, 6) is -2.10. The minimum atomic E-state index is -1.08. The summed E-state index contributed by atoms with van der Waals surface area (Å²) in [6.07, 6.45) is -0.757. The van der Waals surface area contributed by atoms with E-state index in [9.17, 15) is 24.3 Å². The van der Waals surface area contributed by atoms with Crippen molar-refractivity contribution in [2.24, 2.45) is 0 Å². The number of hydrogen-bond acceptors (Lipinski definition) is 6. The van der Waals surface area contributed by atoms with E-state index in [2.05, 4.69) is 10.6 Å². The Morgan fingerprint density at radius 1 is 1.31 bits per heavy atom. The maximum absolute atomic E-state index is 12.9. The van der Waals surface area contributed by atoms with E-state index >= 15 is 0 Å². The fraction of sp³-hybridized carbons (Fsp3) is 0.444. The molecule has 2 fully saturated rings. The summed E-state index contributed by atoms with van der Waals surface area (Å²) in [5.41, 5.74) is 0.529. The molecule has 3 rings (SSSR count). The maximum Gasteiger partial charge on any atom is 0.408 e. The molecule has 3 N–H and O–H groups in total. The SMILES string of the molecule is CC1(C)S[C@@H]2C(NC(=O)C(NC(=O)OCI)c3ccccc3)C(=O)N2[C@H]1C(=O)O. The Labute approximate surface area is 185 Å². The van der Waals surface area contributed by atoms with Crippen molar-refractivity contribution in [1.82, 2.24) is 15.5 Å². The van der Waals surface area contributed by atoms with Gasteiger partial charge in [0.05, 0.1) is 0 Å². The predicted molar refractivity (Wildman–Crippen MR) is 113 cm³/mol. The molecular weight excluding hydrogens is 513 g/mol. The molecule has 9 nitrogen and oxygen atoms in total. The molecule has 0 aliphatic carbocycles. The highest BCUT2D eigenvalue weighted by Crippen LogP contribution is 2.50. The summed E-state index contributed by atoms with van der Waals surface area (Å²) < 4.78 is 4.29. The Morgan fingerprint density at radius 3 is 2.55 bits per heavy atom. The molecule has 2 unspecified atom stereocenters. The molecule has 0 saturated carbocycles. The molecule has 0 spiro atoms. The van der Waals surface area contributed by atoms with Gasteiger partial charge in [-0.1, -0.05) is 30.3 Å². The maximum atomic E-state index is 12.9. The lowest BCUT2D eigenvalue weighted by Gasteiger charge is -2.43. The number of hydrogen-bond donors (Lipinski definition) is 3. The van der Waals surface area contributed by atoms with Crippen LogP contribution in [0.1, 0.15) is 25.5 Å². The Kier molecular flexibility index (Phi) is 6.27. The van der Waals surface area contributed by atoms with Gasteiger partial charge in [-0.2, -0.15) is 0 Å². The van der Waals surface area contributed by atoms with Crippen molar-refractivity contribution < 1.29 is 29.0 Å². The monoisotopic (exact) mass is 533 g/mol. The number of amides is 3. The van der Waals surface area contributed by atoms with Crippen molar-refractivity contribution in [3.63, 3.8) is 0 Å². The van der Waals surface area contributed by atoms with Crippen molar-refractivity contribution in [3.8, 4) is 0 Å². The molecule has 2 aliphatic rings. The van der Waals surface area contributed by atoms with Crippen LogP contribution in [0, 0.1) is 0 Å². The fourth-order valence-corrected chi connectivity index (χ4v) is 5.45. The van der Waals surface area contributed by atoms with Gasteiger partial charge in [-0.3, -0.25) is 9.59 Å². The Morgan fingerprint density at radius 2 is 1.97 bits per heavy atom. The van der Waals surface area contributed by atoms with Crippen LogP contribution in [0.3, 0.4) is 0 Å². The quantitative estimate of drug-likeness (QED) is 0.288. The van der Waals surface area contributed by atoms with Gasteiger partial charge in [-0.15, -0.1) is 11.8 Å². The van der Waals surface area contributed by atoms with E-state index in [4.69, 9.17) is 4.74 Å². The number of benzene rings is 1. The lowest BCUT2D eigenvalue weighted by Crippen LogP contribution is -2.71. The van der Waals surface area contributed by atoms with Gasteiger partial charge in [-0.25, -0.2) is 9.59 Å². The van der Waals surface area contributed by atoms with E-state index in [1.807, 2.05) is 22.6 Å². The van der Waals surface area contributed by atoms with Crippen molar-refractivity contribution in [1.29, 1.82) is 0 Å². The summed E-state index contributed by atoms with van der Waals surface area (Å²) in [5, 5.41) is 14.2. The number of carbonyl (C=O) groups is 4. The largest absolute Gasteiger partial charge is 0.480 e. The number of thioether (sulfide) groups is 1. The highest BCUT2D eigenvalue weighted by molar-refractivity contribution is 14.1. The van der Waals surface area contributed by atoms with Gasteiger partial charge in [0.25, 0.3) is 0 Å². The predicted octanol–water partition coefficient (Wildman–Crippen LogP) is 1.48. The number of carboxylic acid groups (broad SMARTS) is 1. The second kappa shape index (κ2) is 8.38. The van der Waals surface area contributed by atoms with E-state index in [1.54, 1.807) is 44.2 Å². The normalized spacial score (nSPS) is 25.4. The number of carbonyl (C=O) groups excluding carboxylic acids is 3. The van der Waals surface area contributed by atoms with Crippen LogP contribution in [0.5, 0.6) is 0 Å². The molecule has 1 aromatic carbocycles. The van der Waals surface area contributed by atoms with Gasteiger partial charge < -0.3 is 25.4 Å². The summed E-state index contributed by atoms with van der Waals surface area (Å²) in [7, 11) is 0. The highest BCUT2D eigenvalue weighted by Gasteiger charge is 2.64. The smallest absolute Gasteiger partial charge is 0.408 e. The molecule has 2 saturated heterocycles. The van der Waals surface area contributed by atoms with Crippen molar-refractivity contribution in [3.05, 3.63) is 35.9 Å². The number of aliphatic carboxylic acids is 1. The minimum Gasteiger partial charge on any atom is -0.480 e. The van der Waals surface area contributed by atoms with E-state index in [0.29, 0.717) is 5.56 Å². The zero-order chi connectivity index (χ0) is 21.3. The van der Waals surface area contributed by atoms with Crippen LogP contribution in [-0.2, 0) is 19.1 Å². The molecule has 156 valence electrons. The summed E-state index contributed by atoms with van der Waals surface area (Å²) in [6.45, 7) is 3.52. The van der Waals surface area contributed by atoms with Crippen molar-refractivity contribution in [2.45, 2.75) is 42.1 Å². The molecule has 0 aromatic heterocycles. The Balaban J connectivity index is 1.76. The van der Waals surface area contributed by atoms with Gasteiger partial charge in [0.15, 0.2) is 0 Å². The number of ether oxygens (including phenoxy) is 1. The molecule has 0 radical (unpaired) electrons. The molecule has 2 heterocycles. The topological polar surface area (TPSA) is 125 Å². The molecule has 0 bridgehead atoms. The lowest BCUT2D eigenvalue weighted by molar-refractivity contribution is -0.161. The van der Waals surface area contributed by atoms with Crippen molar-refractivity contribution >= 4 is 58.2 Å². The highest BCUT2D eigenvalue weighted by atomic mass is 127. The van der Waals surface area contributed by atoms with Crippen LogP contribution in [0.2, 0.25) is 0 Å². The number of alkyl halides is 1. The average molecular weight is 533 g/mol. The molecule has 3 amide bonds. The number of rotatable bonds is 6. The van der Waals surface area contributed by atoms with Gasteiger partial charge in [0.1, 0.15) is 28.1 Å². The standard InChI is InChI=1S/C18H20IN3O6S/c1-18(2)12(16(25)26)22-14(24)11(15(22)29-18)20-13(23)10(21-17(27)28-8-19)9-6-4-3-5-7-9/h3-7,10-12,15H,8H2,1-2H3,(H,20,23)(H,21,27)(H,25,26)/t10?,11?,12-,15+/m0/s1. The van der Waals surface area contributed by atoms with E-state index < -0.39 is 52.1 Å². The van der Waals surface area contributed by atoms with Gasteiger partial charge in [0.2, 0.25) is 11.8 Å². The van der Waals surface area contributed by atoms with Crippen LogP contribution in [-0.4, -0.2) is 60.7 Å². The Bertz CT molecular complexity index is 836. The number of nitrogens with zero attached hydrogens (tertiary/aromatic N) is 1. The second-order valence-electron chi connectivity index (χ2n) is 7.11. The van der Waals surface area contributed by atoms with E-state index in [-0.39, 0.29) is 4.61 Å². The number of fused-ring (bicyclic) bond motifs is 1. The van der Waals surface area contributed by atoms with Crippen LogP contribution in [0.4, 0.5) is 4.79 Å². The van der Waals surface area contributed by atoms with Crippen LogP contribution < -0.4 is 10.6 Å². The first-order chi connectivity index (χ1) is 13.7. The van der Waals surface area contributed by atoms with Crippen molar-refractivity contribution in [2.75, 3.05) is 4.61 Å².